The fourth-order valence-electron chi connectivity index (χ4n) is 3.05. The molecule has 3 rings (SSSR count). The summed E-state index contributed by atoms with van der Waals surface area (Å²) in [6, 6.07) is 6.76. The van der Waals surface area contributed by atoms with Gasteiger partial charge in [-0.1, -0.05) is 12.1 Å². The molecule has 1 aromatic carbocycles. The molecular formula is C17H23N3O. The third-order valence-electron chi connectivity index (χ3n) is 4.19. The molecule has 4 heteroatoms. The van der Waals surface area contributed by atoms with E-state index in [4.69, 9.17) is 10.5 Å². The van der Waals surface area contributed by atoms with Gasteiger partial charge < -0.3 is 15.0 Å². The van der Waals surface area contributed by atoms with Crippen molar-refractivity contribution in [3.63, 3.8) is 0 Å². The Labute approximate surface area is 125 Å². The van der Waals surface area contributed by atoms with Crippen LogP contribution in [-0.2, 0) is 13.0 Å². The van der Waals surface area contributed by atoms with Crippen LogP contribution in [0.15, 0.2) is 30.7 Å². The molecule has 21 heavy (non-hydrogen) atoms. The molecule has 0 amide bonds. The fourth-order valence-corrected chi connectivity index (χ4v) is 3.05. The second-order valence-corrected chi connectivity index (χ2v) is 6.00. The minimum absolute atomic E-state index is 0.151. The van der Waals surface area contributed by atoms with Crippen LogP contribution in [0, 0.1) is 0 Å². The lowest BCUT2D eigenvalue weighted by atomic mass is 9.87. The standard InChI is InChI=1S/C17H23N3O/c1-12(2)20-11-19-9-13(20)10-21-17-8-4-5-14-15(17)6-3-7-16(14)18/h4-5,8-9,11-12,16H,3,6-7,10,18H2,1-2H3. The number of nitrogens with two attached hydrogens (primary N) is 1. The van der Waals surface area contributed by atoms with Gasteiger partial charge in [-0.05, 0) is 50.3 Å². The smallest absolute Gasteiger partial charge is 0.130 e. The van der Waals surface area contributed by atoms with Crippen LogP contribution in [0.2, 0.25) is 0 Å². The van der Waals surface area contributed by atoms with Crippen molar-refractivity contribution in [3.8, 4) is 5.75 Å². The molecule has 4 nitrogen and oxygen atoms in total. The van der Waals surface area contributed by atoms with Crippen LogP contribution in [0.1, 0.15) is 55.6 Å². The number of imidazole rings is 1. The Hall–Kier alpha value is -1.81. The maximum Gasteiger partial charge on any atom is 0.130 e. The summed E-state index contributed by atoms with van der Waals surface area (Å²) < 4.78 is 8.21. The van der Waals surface area contributed by atoms with Crippen molar-refractivity contribution in [1.82, 2.24) is 9.55 Å². The van der Waals surface area contributed by atoms with Crippen molar-refractivity contribution < 1.29 is 4.74 Å². The summed E-state index contributed by atoms with van der Waals surface area (Å²) in [6.07, 6.45) is 7.00. The van der Waals surface area contributed by atoms with Gasteiger partial charge in [-0.25, -0.2) is 4.98 Å². The minimum Gasteiger partial charge on any atom is -0.487 e. The summed E-state index contributed by atoms with van der Waals surface area (Å²) in [5.41, 5.74) is 9.83. The Bertz CT molecular complexity index is 618. The van der Waals surface area contributed by atoms with Crippen LogP contribution in [0.4, 0.5) is 0 Å². The molecule has 0 radical (unpaired) electrons. The SMILES string of the molecule is CC(C)n1cncc1COc1cccc2c1CCCC2N. The molecule has 1 unspecified atom stereocenters. The molecule has 1 aromatic heterocycles. The molecule has 0 aliphatic heterocycles. The number of nitrogens with zero attached hydrogens (tertiary/aromatic N) is 2. The van der Waals surface area contributed by atoms with Crippen LogP contribution < -0.4 is 10.5 Å². The molecule has 0 saturated heterocycles. The molecule has 0 spiro atoms. The summed E-state index contributed by atoms with van der Waals surface area (Å²) in [4.78, 5) is 4.22. The van der Waals surface area contributed by atoms with Gasteiger partial charge in [0.15, 0.2) is 0 Å². The molecule has 2 aromatic rings. The topological polar surface area (TPSA) is 53.1 Å². The third-order valence-corrected chi connectivity index (χ3v) is 4.19. The maximum absolute atomic E-state index is 6.20. The van der Waals surface area contributed by atoms with Crippen molar-refractivity contribution in [2.75, 3.05) is 0 Å². The van der Waals surface area contributed by atoms with E-state index in [0.717, 1.165) is 30.7 Å². The van der Waals surface area contributed by atoms with Crippen molar-refractivity contribution in [2.45, 2.75) is 51.8 Å². The van der Waals surface area contributed by atoms with E-state index in [-0.39, 0.29) is 6.04 Å². The van der Waals surface area contributed by atoms with Gasteiger partial charge in [0.25, 0.3) is 0 Å². The minimum atomic E-state index is 0.151. The highest BCUT2D eigenvalue weighted by Gasteiger charge is 2.20. The lowest BCUT2D eigenvalue weighted by Crippen LogP contribution is -2.18. The van der Waals surface area contributed by atoms with Gasteiger partial charge in [0.05, 0.1) is 18.2 Å². The molecule has 112 valence electrons. The van der Waals surface area contributed by atoms with Crippen molar-refractivity contribution in [3.05, 3.63) is 47.5 Å². The summed E-state index contributed by atoms with van der Waals surface area (Å²) in [5, 5.41) is 0. The first-order valence-electron chi connectivity index (χ1n) is 7.67. The second kappa shape index (κ2) is 5.90. The van der Waals surface area contributed by atoms with Gasteiger partial charge in [0.1, 0.15) is 12.4 Å². The molecular weight excluding hydrogens is 262 g/mol. The molecule has 0 bridgehead atoms. The predicted octanol–water partition coefficient (Wildman–Crippen LogP) is 3.38. The van der Waals surface area contributed by atoms with E-state index in [1.54, 1.807) is 0 Å². The van der Waals surface area contributed by atoms with Crippen molar-refractivity contribution >= 4 is 0 Å². The highest BCUT2D eigenvalue weighted by atomic mass is 16.5. The van der Waals surface area contributed by atoms with E-state index >= 15 is 0 Å². The fraction of sp³-hybridized carbons (Fsp3) is 0.471. The second-order valence-electron chi connectivity index (χ2n) is 6.00. The van der Waals surface area contributed by atoms with Gasteiger partial charge in [-0.15, -0.1) is 0 Å². The number of hydrogen-bond acceptors (Lipinski definition) is 3. The van der Waals surface area contributed by atoms with Crippen LogP contribution in [-0.4, -0.2) is 9.55 Å². The van der Waals surface area contributed by atoms with Crippen molar-refractivity contribution in [1.29, 1.82) is 0 Å². The molecule has 2 N–H and O–H groups in total. The van der Waals surface area contributed by atoms with Crippen molar-refractivity contribution in [2.24, 2.45) is 5.73 Å². The lowest BCUT2D eigenvalue weighted by molar-refractivity contribution is 0.287. The van der Waals surface area contributed by atoms with Gasteiger partial charge in [-0.2, -0.15) is 0 Å². The average molecular weight is 285 g/mol. The number of hydrogen-bond donors (Lipinski definition) is 1. The summed E-state index contributed by atoms with van der Waals surface area (Å²) >= 11 is 0. The monoisotopic (exact) mass is 285 g/mol. The van der Waals surface area contributed by atoms with Crippen LogP contribution in [0.5, 0.6) is 5.75 Å². The molecule has 1 heterocycles. The van der Waals surface area contributed by atoms with E-state index < -0.39 is 0 Å². The summed E-state index contributed by atoms with van der Waals surface area (Å²) in [7, 11) is 0. The molecule has 1 aliphatic rings. The van der Waals surface area contributed by atoms with Crippen LogP contribution in [0.25, 0.3) is 0 Å². The van der Waals surface area contributed by atoms with Crippen LogP contribution in [0.3, 0.4) is 0 Å². The zero-order chi connectivity index (χ0) is 14.8. The lowest BCUT2D eigenvalue weighted by Gasteiger charge is -2.24. The number of ether oxygens (including phenoxy) is 1. The van der Waals surface area contributed by atoms with E-state index in [1.165, 1.54) is 11.1 Å². The zero-order valence-corrected chi connectivity index (χ0v) is 12.7. The predicted molar refractivity (Wildman–Crippen MR) is 83.3 cm³/mol. The number of aromatic nitrogens is 2. The summed E-state index contributed by atoms with van der Waals surface area (Å²) in [6.45, 7) is 4.84. The largest absolute Gasteiger partial charge is 0.487 e. The normalized spacial score (nSPS) is 17.8. The first-order valence-corrected chi connectivity index (χ1v) is 7.67. The van der Waals surface area contributed by atoms with E-state index in [0.29, 0.717) is 12.6 Å². The molecule has 1 atom stereocenters. The average Bonchev–Trinajstić information content (AvgIpc) is 2.94. The van der Waals surface area contributed by atoms with Gasteiger partial charge in [0, 0.05) is 12.1 Å². The third kappa shape index (κ3) is 2.81. The Morgan fingerprint density at radius 1 is 1.43 bits per heavy atom. The Morgan fingerprint density at radius 2 is 2.29 bits per heavy atom. The summed E-state index contributed by atoms with van der Waals surface area (Å²) in [5.74, 6) is 0.971. The Kier molecular flexibility index (Phi) is 3.97. The Balaban J connectivity index is 1.80. The maximum atomic E-state index is 6.20. The first kappa shape index (κ1) is 14.1. The first-order chi connectivity index (χ1) is 10.2. The van der Waals surface area contributed by atoms with Gasteiger partial charge >= 0.3 is 0 Å². The highest BCUT2D eigenvalue weighted by molar-refractivity contribution is 5.43. The number of benzene rings is 1. The Morgan fingerprint density at radius 3 is 3.10 bits per heavy atom. The van der Waals surface area contributed by atoms with Gasteiger partial charge in [0.2, 0.25) is 0 Å². The van der Waals surface area contributed by atoms with E-state index in [2.05, 4.69) is 29.5 Å². The number of rotatable bonds is 4. The number of fused-ring (bicyclic) bond motifs is 1. The quantitative estimate of drug-likeness (QED) is 0.937. The van der Waals surface area contributed by atoms with Crippen LogP contribution >= 0.6 is 0 Å². The highest BCUT2D eigenvalue weighted by Crippen LogP contribution is 2.34. The van der Waals surface area contributed by atoms with E-state index in [9.17, 15) is 0 Å². The van der Waals surface area contributed by atoms with E-state index in [1.807, 2.05) is 24.7 Å². The zero-order valence-electron chi connectivity index (χ0n) is 12.7. The molecule has 0 saturated carbocycles. The molecule has 1 aliphatic carbocycles. The van der Waals surface area contributed by atoms with Gasteiger partial charge in [-0.3, -0.25) is 0 Å². The molecule has 0 fully saturated rings.